The van der Waals surface area contributed by atoms with Crippen LogP contribution in [0.25, 0.3) is 16.8 Å². The van der Waals surface area contributed by atoms with Crippen molar-refractivity contribution in [2.45, 2.75) is 36.6 Å². The Hall–Kier alpha value is -2.73. The van der Waals surface area contributed by atoms with Gasteiger partial charge in [0.05, 0.1) is 28.5 Å². The number of rotatable bonds is 5. The first-order valence-electron chi connectivity index (χ1n) is 11.5. The second kappa shape index (κ2) is 11.2. The normalized spacial score (nSPS) is 23.2. The van der Waals surface area contributed by atoms with E-state index in [1.807, 2.05) is 0 Å². The molecule has 10 nitrogen and oxygen atoms in total. The van der Waals surface area contributed by atoms with Gasteiger partial charge < -0.3 is 20.1 Å². The van der Waals surface area contributed by atoms with Crippen molar-refractivity contribution in [3.8, 4) is 16.8 Å². The Bertz CT molecular complexity index is 1610. The standard InChI is InChI=1S/C23H16BrCl2F5N6O4/c24-22-34-21(37(35-22)12-3-9(25)5-32-20(12)23(29,30)31)19-18(40)16(17(39)13(7-38)41-19)36-6-8(4-33-36)10-1-2-11(26)15(28)14(10)27/h1-6,13,16-19,38-40H,7H2/t13-,16+,17+,18-,19-/m1/s1. The van der Waals surface area contributed by atoms with Gasteiger partial charge in [0, 0.05) is 23.5 Å². The van der Waals surface area contributed by atoms with Crippen molar-refractivity contribution in [3.05, 3.63) is 74.7 Å². The summed E-state index contributed by atoms with van der Waals surface area (Å²) in [5.41, 5.74) is -2.18. The highest BCUT2D eigenvalue weighted by atomic mass is 79.9. The molecule has 5 rings (SSSR count). The average molecular weight is 686 g/mol. The zero-order chi connectivity index (χ0) is 29.8. The fourth-order valence-electron chi connectivity index (χ4n) is 4.48. The van der Waals surface area contributed by atoms with E-state index < -0.39 is 71.3 Å². The van der Waals surface area contributed by atoms with Crippen molar-refractivity contribution < 1.29 is 42.0 Å². The second-order valence-electron chi connectivity index (χ2n) is 8.85. The lowest BCUT2D eigenvalue weighted by atomic mass is 9.92. The van der Waals surface area contributed by atoms with Gasteiger partial charge in [-0.05, 0) is 34.1 Å². The van der Waals surface area contributed by atoms with Crippen molar-refractivity contribution in [3.63, 3.8) is 0 Å². The van der Waals surface area contributed by atoms with Gasteiger partial charge in [0.2, 0.25) is 4.73 Å². The summed E-state index contributed by atoms with van der Waals surface area (Å²) in [6.45, 7) is -0.784. The molecule has 3 N–H and O–H groups in total. The van der Waals surface area contributed by atoms with Crippen molar-refractivity contribution in [1.29, 1.82) is 0 Å². The highest BCUT2D eigenvalue weighted by Crippen LogP contribution is 2.41. The van der Waals surface area contributed by atoms with Gasteiger partial charge in [0.25, 0.3) is 0 Å². The molecule has 0 spiro atoms. The predicted molar refractivity (Wildman–Crippen MR) is 135 cm³/mol. The number of hydrogen-bond acceptors (Lipinski definition) is 8. The van der Waals surface area contributed by atoms with E-state index in [-0.39, 0.29) is 26.7 Å². The van der Waals surface area contributed by atoms with E-state index >= 15 is 0 Å². The summed E-state index contributed by atoms with van der Waals surface area (Å²) in [5.74, 6) is -2.92. The molecule has 0 unspecified atom stereocenters. The number of halogens is 8. The molecule has 1 aromatic carbocycles. The van der Waals surface area contributed by atoms with Crippen molar-refractivity contribution in [2.75, 3.05) is 6.61 Å². The molecule has 0 aliphatic carbocycles. The Morgan fingerprint density at radius 2 is 1.80 bits per heavy atom. The van der Waals surface area contributed by atoms with Crippen LogP contribution in [0.4, 0.5) is 22.0 Å². The molecule has 18 heteroatoms. The molecule has 4 aromatic rings. The zero-order valence-electron chi connectivity index (χ0n) is 20.0. The predicted octanol–water partition coefficient (Wildman–Crippen LogP) is 4.29. The topological polar surface area (TPSA) is 131 Å². The van der Waals surface area contributed by atoms with E-state index in [4.69, 9.17) is 27.9 Å². The lowest BCUT2D eigenvalue weighted by Gasteiger charge is -2.41. The molecule has 41 heavy (non-hydrogen) atoms. The third-order valence-electron chi connectivity index (χ3n) is 6.34. The van der Waals surface area contributed by atoms with Gasteiger partial charge in [0.1, 0.15) is 30.5 Å². The monoisotopic (exact) mass is 684 g/mol. The van der Waals surface area contributed by atoms with Crippen molar-refractivity contribution in [1.82, 2.24) is 29.5 Å². The number of pyridine rings is 1. The molecular formula is C23H16BrCl2F5N6O4. The van der Waals surface area contributed by atoms with Crippen molar-refractivity contribution in [2.24, 2.45) is 0 Å². The van der Waals surface area contributed by atoms with Crippen LogP contribution in [0.2, 0.25) is 10.0 Å². The Labute approximate surface area is 245 Å². The molecule has 4 heterocycles. The van der Waals surface area contributed by atoms with Gasteiger partial charge in [-0.15, -0.1) is 5.10 Å². The van der Waals surface area contributed by atoms with E-state index in [0.29, 0.717) is 4.68 Å². The van der Waals surface area contributed by atoms with E-state index in [1.54, 1.807) is 0 Å². The number of ether oxygens (including phenoxy) is 1. The largest absolute Gasteiger partial charge is 0.435 e. The lowest BCUT2D eigenvalue weighted by Crippen LogP contribution is -2.53. The summed E-state index contributed by atoms with van der Waals surface area (Å²) in [5, 5.41) is 39.6. The maximum absolute atomic E-state index is 14.5. The van der Waals surface area contributed by atoms with Crippen LogP contribution in [0.3, 0.4) is 0 Å². The quantitative estimate of drug-likeness (QED) is 0.210. The summed E-state index contributed by atoms with van der Waals surface area (Å²) in [7, 11) is 0. The average Bonchev–Trinajstić information content (AvgIpc) is 3.54. The van der Waals surface area contributed by atoms with E-state index in [9.17, 15) is 37.3 Å². The third-order valence-corrected chi connectivity index (χ3v) is 7.17. The Morgan fingerprint density at radius 1 is 1.07 bits per heavy atom. The van der Waals surface area contributed by atoms with E-state index in [2.05, 4.69) is 36.1 Å². The number of benzene rings is 1. The van der Waals surface area contributed by atoms with E-state index in [1.165, 1.54) is 12.3 Å². The summed E-state index contributed by atoms with van der Waals surface area (Å²) in [6.07, 6.45) is -8.20. The molecule has 218 valence electrons. The maximum Gasteiger partial charge on any atom is 0.435 e. The first-order chi connectivity index (χ1) is 19.3. The maximum atomic E-state index is 14.5. The molecule has 0 radical (unpaired) electrons. The number of alkyl halides is 3. The lowest BCUT2D eigenvalue weighted by molar-refractivity contribution is -0.210. The minimum atomic E-state index is -4.93. The summed E-state index contributed by atoms with van der Waals surface area (Å²) in [4.78, 5) is 7.44. The van der Waals surface area contributed by atoms with Gasteiger partial charge in [-0.2, -0.15) is 18.3 Å². The summed E-state index contributed by atoms with van der Waals surface area (Å²) in [6, 6.07) is 1.86. The summed E-state index contributed by atoms with van der Waals surface area (Å²) >= 11 is 14.5. The molecule has 1 saturated heterocycles. The number of nitrogens with zero attached hydrogens (tertiary/aromatic N) is 6. The molecule has 5 atom stereocenters. The van der Waals surface area contributed by atoms with Gasteiger partial charge in [0.15, 0.2) is 23.2 Å². The zero-order valence-corrected chi connectivity index (χ0v) is 23.1. The molecule has 1 fully saturated rings. The van der Waals surface area contributed by atoms with Gasteiger partial charge in [-0.3, -0.25) is 4.68 Å². The molecule has 3 aromatic heterocycles. The van der Waals surface area contributed by atoms with Crippen LogP contribution in [0.15, 0.2) is 41.5 Å². The van der Waals surface area contributed by atoms with Crippen molar-refractivity contribution >= 4 is 39.1 Å². The van der Waals surface area contributed by atoms with Crippen LogP contribution in [0, 0.1) is 11.6 Å². The Kier molecular flexibility index (Phi) is 8.10. The molecule has 0 saturated carbocycles. The first-order valence-corrected chi connectivity index (χ1v) is 13.0. The number of aliphatic hydroxyl groups excluding tert-OH is 3. The fraction of sp³-hybridized carbons (Fsp3) is 0.304. The second-order valence-corrected chi connectivity index (χ2v) is 10.4. The molecule has 0 bridgehead atoms. The van der Waals surface area contributed by atoms with Crippen LogP contribution >= 0.6 is 39.1 Å². The third kappa shape index (κ3) is 5.45. The van der Waals surface area contributed by atoms with Crippen LogP contribution < -0.4 is 0 Å². The minimum Gasteiger partial charge on any atom is -0.394 e. The van der Waals surface area contributed by atoms with Gasteiger partial charge in [-0.1, -0.05) is 23.2 Å². The Morgan fingerprint density at radius 3 is 2.49 bits per heavy atom. The van der Waals surface area contributed by atoms with E-state index in [0.717, 1.165) is 29.2 Å². The molecule has 0 amide bonds. The van der Waals surface area contributed by atoms with Crippen LogP contribution in [-0.2, 0) is 10.9 Å². The highest BCUT2D eigenvalue weighted by molar-refractivity contribution is 9.10. The van der Waals surface area contributed by atoms with Crippen LogP contribution in [-0.4, -0.2) is 69.8 Å². The van der Waals surface area contributed by atoms with Gasteiger partial charge in [-0.25, -0.2) is 23.4 Å². The highest BCUT2D eigenvalue weighted by Gasteiger charge is 2.49. The Balaban J connectivity index is 1.59. The number of aromatic nitrogens is 6. The summed E-state index contributed by atoms with van der Waals surface area (Å²) < 4.78 is 77.2. The molecule has 1 aliphatic rings. The first kappa shape index (κ1) is 29.8. The van der Waals surface area contributed by atoms with Crippen LogP contribution in [0.1, 0.15) is 23.7 Å². The van der Waals surface area contributed by atoms with Crippen LogP contribution in [0.5, 0.6) is 0 Å². The van der Waals surface area contributed by atoms with Gasteiger partial charge >= 0.3 is 6.18 Å². The minimum absolute atomic E-state index is 0.0480. The fourth-order valence-corrected chi connectivity index (χ4v) is 5.12. The molecule has 1 aliphatic heterocycles. The number of aliphatic hydroxyl groups is 3. The number of hydrogen-bond donors (Lipinski definition) is 3. The SMILES string of the molecule is OC[C@H]1O[C@@H](c2nc(Br)nn2-c2cc(Cl)cnc2C(F)(F)F)[C@H](O)[C@@H](n2cc(-c3ccc(Cl)c(F)c3F)cn2)[C@H]1O. The smallest absolute Gasteiger partial charge is 0.394 e. The molecular weight excluding hydrogens is 670 g/mol.